The topological polar surface area (TPSA) is 84.4 Å². The van der Waals surface area contributed by atoms with Crippen LogP contribution in [0.3, 0.4) is 0 Å². The average molecular weight is 437 g/mol. The number of amides is 2. The van der Waals surface area contributed by atoms with Gasteiger partial charge in [-0.15, -0.1) is 0 Å². The van der Waals surface area contributed by atoms with Crippen LogP contribution in [0, 0.1) is 19.8 Å². The molecule has 2 aromatic rings. The summed E-state index contributed by atoms with van der Waals surface area (Å²) in [7, 11) is 1.63. The minimum atomic E-state index is -0.0616. The second-order valence-corrected chi connectivity index (χ2v) is 8.93. The second-order valence-electron chi connectivity index (χ2n) is 8.93. The number of carbonyl (C=O) groups excluding carboxylic acids is 2. The van der Waals surface area contributed by atoms with Crippen LogP contribution in [0.4, 0.5) is 0 Å². The highest BCUT2D eigenvalue weighted by atomic mass is 16.5. The van der Waals surface area contributed by atoms with E-state index in [0.29, 0.717) is 19.0 Å². The molecule has 1 saturated heterocycles. The van der Waals surface area contributed by atoms with Gasteiger partial charge < -0.3 is 15.0 Å². The number of ether oxygens (including phenoxy) is 1. The van der Waals surface area contributed by atoms with Crippen molar-refractivity contribution < 1.29 is 14.3 Å². The molecule has 2 heterocycles. The molecule has 32 heavy (non-hydrogen) atoms. The van der Waals surface area contributed by atoms with Crippen LogP contribution in [0.15, 0.2) is 24.3 Å². The summed E-state index contributed by atoms with van der Waals surface area (Å²) in [4.78, 5) is 36.6. The number of rotatable bonds is 7. The maximum Gasteiger partial charge on any atom is 0.225 e. The van der Waals surface area contributed by atoms with E-state index in [4.69, 9.17) is 14.7 Å². The molecule has 2 fully saturated rings. The lowest BCUT2D eigenvalue weighted by Gasteiger charge is -2.29. The van der Waals surface area contributed by atoms with Crippen molar-refractivity contribution in [2.45, 2.75) is 58.4 Å². The largest absolute Gasteiger partial charge is 0.497 e. The summed E-state index contributed by atoms with van der Waals surface area (Å²) in [6.07, 6.45) is 4.38. The molecule has 0 radical (unpaired) electrons. The Morgan fingerprint density at radius 1 is 1.16 bits per heavy atom. The minimum absolute atomic E-state index is 0.0616. The normalized spacial score (nSPS) is 18.3. The summed E-state index contributed by atoms with van der Waals surface area (Å²) in [5, 5.41) is 2.97. The third-order valence-electron chi connectivity index (χ3n) is 6.72. The van der Waals surface area contributed by atoms with Crippen molar-refractivity contribution in [3.8, 4) is 5.75 Å². The maximum atomic E-state index is 12.6. The van der Waals surface area contributed by atoms with Crippen LogP contribution in [0.2, 0.25) is 0 Å². The molecule has 4 rings (SSSR count). The monoisotopic (exact) mass is 436 g/mol. The maximum absolute atomic E-state index is 12.6. The second kappa shape index (κ2) is 9.67. The molecular weight excluding hydrogens is 404 g/mol. The quantitative estimate of drug-likeness (QED) is 0.721. The van der Waals surface area contributed by atoms with Crippen molar-refractivity contribution in [1.82, 2.24) is 20.2 Å². The van der Waals surface area contributed by atoms with Crippen molar-refractivity contribution in [2.75, 3.05) is 20.2 Å². The van der Waals surface area contributed by atoms with Gasteiger partial charge in [0.1, 0.15) is 11.6 Å². The van der Waals surface area contributed by atoms with E-state index in [1.165, 1.54) is 6.42 Å². The van der Waals surface area contributed by atoms with Gasteiger partial charge in [0.05, 0.1) is 13.5 Å². The number of carbonyl (C=O) groups is 2. The Morgan fingerprint density at radius 3 is 2.56 bits per heavy atom. The fourth-order valence-electron chi connectivity index (χ4n) is 4.49. The highest BCUT2D eigenvalue weighted by molar-refractivity contribution is 5.80. The van der Waals surface area contributed by atoms with E-state index in [1.807, 2.05) is 43.0 Å². The van der Waals surface area contributed by atoms with E-state index in [2.05, 4.69) is 5.32 Å². The van der Waals surface area contributed by atoms with Crippen LogP contribution in [-0.2, 0) is 22.6 Å². The molecule has 1 unspecified atom stereocenters. The zero-order valence-corrected chi connectivity index (χ0v) is 19.2. The predicted octanol–water partition coefficient (Wildman–Crippen LogP) is 3.08. The summed E-state index contributed by atoms with van der Waals surface area (Å²) in [5.74, 6) is 2.21. The van der Waals surface area contributed by atoms with Crippen LogP contribution in [0.5, 0.6) is 5.75 Å². The molecule has 1 N–H and O–H groups in total. The molecule has 1 aliphatic carbocycles. The zero-order chi connectivity index (χ0) is 22.7. The first kappa shape index (κ1) is 22.2. The fraction of sp³-hybridized carbons (Fsp3) is 0.520. The first-order chi connectivity index (χ1) is 15.4. The van der Waals surface area contributed by atoms with Crippen molar-refractivity contribution in [2.24, 2.45) is 5.92 Å². The van der Waals surface area contributed by atoms with Gasteiger partial charge in [0.15, 0.2) is 0 Å². The number of likely N-dealkylation sites (tertiary alicyclic amines) is 1. The number of benzene rings is 1. The van der Waals surface area contributed by atoms with E-state index in [-0.39, 0.29) is 24.2 Å². The third-order valence-corrected chi connectivity index (χ3v) is 6.72. The van der Waals surface area contributed by atoms with Crippen LogP contribution in [-0.4, -0.2) is 46.9 Å². The van der Waals surface area contributed by atoms with Crippen LogP contribution >= 0.6 is 0 Å². The molecule has 1 saturated carbocycles. The molecule has 0 bridgehead atoms. The SMILES string of the molecule is COc1cccc(CNC(=O)Cc2c(C)nc(C3CCN(C(=O)C4CCC4)C3)nc2C)c1. The Bertz CT molecular complexity index is 979. The van der Waals surface area contributed by atoms with Gasteiger partial charge in [0, 0.05) is 48.4 Å². The van der Waals surface area contributed by atoms with Crippen LogP contribution in [0.1, 0.15) is 59.9 Å². The summed E-state index contributed by atoms with van der Waals surface area (Å²) >= 11 is 0. The summed E-state index contributed by atoms with van der Waals surface area (Å²) < 4.78 is 5.23. The molecule has 1 aromatic heterocycles. The Hall–Kier alpha value is -2.96. The number of hydrogen-bond acceptors (Lipinski definition) is 5. The first-order valence-corrected chi connectivity index (χ1v) is 11.5. The number of methoxy groups -OCH3 is 1. The molecule has 1 aliphatic heterocycles. The van der Waals surface area contributed by atoms with E-state index < -0.39 is 0 Å². The average Bonchev–Trinajstić information content (AvgIpc) is 3.24. The van der Waals surface area contributed by atoms with Gasteiger partial charge in [-0.1, -0.05) is 18.6 Å². The van der Waals surface area contributed by atoms with E-state index in [1.54, 1.807) is 7.11 Å². The van der Waals surface area contributed by atoms with Crippen molar-refractivity contribution in [1.29, 1.82) is 0 Å². The fourth-order valence-corrected chi connectivity index (χ4v) is 4.49. The molecule has 7 heteroatoms. The van der Waals surface area contributed by atoms with Gasteiger partial charge in [0.25, 0.3) is 0 Å². The van der Waals surface area contributed by atoms with Gasteiger partial charge in [-0.25, -0.2) is 9.97 Å². The van der Waals surface area contributed by atoms with Gasteiger partial charge in [-0.2, -0.15) is 0 Å². The summed E-state index contributed by atoms with van der Waals surface area (Å²) in [6.45, 7) is 5.81. The van der Waals surface area contributed by atoms with Crippen molar-refractivity contribution in [3.05, 3.63) is 52.6 Å². The van der Waals surface area contributed by atoms with Crippen LogP contribution < -0.4 is 10.1 Å². The standard InChI is InChI=1S/C25H32N4O3/c1-16-22(13-23(30)26-14-18-6-4-9-21(12-18)32-3)17(2)28-24(27-16)20-10-11-29(15-20)25(31)19-7-5-8-19/h4,6,9,12,19-20H,5,7-8,10-11,13-15H2,1-3H3,(H,26,30). The number of nitrogens with zero attached hydrogens (tertiary/aromatic N) is 3. The predicted molar refractivity (Wildman–Crippen MR) is 121 cm³/mol. The molecule has 170 valence electrons. The molecule has 1 aromatic carbocycles. The lowest BCUT2D eigenvalue weighted by atomic mass is 9.84. The third kappa shape index (κ3) is 4.92. The molecule has 7 nitrogen and oxygen atoms in total. The minimum Gasteiger partial charge on any atom is -0.497 e. The Morgan fingerprint density at radius 2 is 1.91 bits per heavy atom. The number of hydrogen-bond donors (Lipinski definition) is 1. The number of nitrogens with one attached hydrogen (secondary N) is 1. The molecule has 1 atom stereocenters. The van der Waals surface area contributed by atoms with E-state index in [0.717, 1.165) is 59.9 Å². The molecular formula is C25H32N4O3. The summed E-state index contributed by atoms with van der Waals surface area (Å²) in [5.41, 5.74) is 3.54. The molecule has 2 amide bonds. The number of aryl methyl sites for hydroxylation is 2. The van der Waals surface area contributed by atoms with E-state index >= 15 is 0 Å². The van der Waals surface area contributed by atoms with Gasteiger partial charge >= 0.3 is 0 Å². The molecule has 2 aliphatic rings. The highest BCUT2D eigenvalue weighted by Gasteiger charge is 2.35. The Kier molecular flexibility index (Phi) is 6.72. The Labute approximate surface area is 189 Å². The lowest BCUT2D eigenvalue weighted by molar-refractivity contribution is -0.137. The van der Waals surface area contributed by atoms with Crippen molar-refractivity contribution in [3.63, 3.8) is 0 Å². The zero-order valence-electron chi connectivity index (χ0n) is 19.2. The smallest absolute Gasteiger partial charge is 0.225 e. The Balaban J connectivity index is 1.36. The van der Waals surface area contributed by atoms with Crippen molar-refractivity contribution >= 4 is 11.8 Å². The van der Waals surface area contributed by atoms with E-state index in [9.17, 15) is 9.59 Å². The first-order valence-electron chi connectivity index (χ1n) is 11.5. The van der Waals surface area contributed by atoms with Gasteiger partial charge in [-0.3, -0.25) is 9.59 Å². The van der Waals surface area contributed by atoms with Crippen LogP contribution in [0.25, 0.3) is 0 Å². The number of aromatic nitrogens is 2. The van der Waals surface area contributed by atoms with Gasteiger partial charge in [0.2, 0.25) is 11.8 Å². The molecule has 0 spiro atoms. The highest BCUT2D eigenvalue weighted by Crippen LogP contribution is 2.32. The summed E-state index contributed by atoms with van der Waals surface area (Å²) in [6, 6.07) is 7.65. The van der Waals surface area contributed by atoms with Gasteiger partial charge in [-0.05, 0) is 50.8 Å². The lowest BCUT2D eigenvalue weighted by Crippen LogP contribution is -2.37.